The van der Waals surface area contributed by atoms with Crippen molar-refractivity contribution < 1.29 is 0 Å². The first kappa shape index (κ1) is 18.7. The number of hydrogen-bond acceptors (Lipinski definition) is 4. The van der Waals surface area contributed by atoms with Gasteiger partial charge in [-0.25, -0.2) is 0 Å². The van der Waals surface area contributed by atoms with Crippen molar-refractivity contribution >= 4 is 18.1 Å². The standard InChI is InChI=1S/C19H28N4/c1-12(2)18-8-13(3)6-7-17(18)19(23-5)16(11-21)9-15(10-20)14(4)22/h6-8,10-12,20-21,23H,9,22H2,1-5H3/b15-14-,19-16-,20-10?,21-11?. The molecule has 0 fully saturated rings. The van der Waals surface area contributed by atoms with E-state index in [2.05, 4.69) is 44.3 Å². The molecule has 0 aliphatic heterocycles. The van der Waals surface area contributed by atoms with Crippen LogP contribution in [0, 0.1) is 17.7 Å². The van der Waals surface area contributed by atoms with Gasteiger partial charge in [-0.15, -0.1) is 0 Å². The molecule has 23 heavy (non-hydrogen) atoms. The summed E-state index contributed by atoms with van der Waals surface area (Å²) in [5, 5.41) is 18.6. The number of benzene rings is 1. The fraction of sp³-hybridized carbons (Fsp3) is 0.368. The van der Waals surface area contributed by atoms with Gasteiger partial charge >= 0.3 is 0 Å². The zero-order valence-corrected chi connectivity index (χ0v) is 14.7. The van der Waals surface area contributed by atoms with Gasteiger partial charge in [0, 0.05) is 42.9 Å². The van der Waals surface area contributed by atoms with Crippen molar-refractivity contribution in [3.63, 3.8) is 0 Å². The van der Waals surface area contributed by atoms with Crippen LogP contribution in [0.15, 0.2) is 35.0 Å². The van der Waals surface area contributed by atoms with Crippen LogP contribution in [0.2, 0.25) is 0 Å². The third-order valence-corrected chi connectivity index (χ3v) is 3.91. The minimum Gasteiger partial charge on any atom is -0.402 e. The zero-order valence-electron chi connectivity index (χ0n) is 14.7. The van der Waals surface area contributed by atoms with E-state index in [0.29, 0.717) is 18.0 Å². The molecule has 4 nitrogen and oxygen atoms in total. The molecule has 0 aromatic heterocycles. The Morgan fingerprint density at radius 2 is 1.83 bits per heavy atom. The molecule has 1 aromatic carbocycles. The molecule has 0 radical (unpaired) electrons. The highest BCUT2D eigenvalue weighted by molar-refractivity contribution is 5.92. The van der Waals surface area contributed by atoms with E-state index >= 15 is 0 Å². The molecule has 0 spiro atoms. The molecule has 5 N–H and O–H groups in total. The normalized spacial score (nSPS) is 13.3. The van der Waals surface area contributed by atoms with Crippen molar-refractivity contribution in [1.82, 2.24) is 5.32 Å². The van der Waals surface area contributed by atoms with Crippen LogP contribution < -0.4 is 11.1 Å². The molecule has 1 aromatic rings. The lowest BCUT2D eigenvalue weighted by Crippen LogP contribution is -2.13. The molecule has 0 aliphatic rings. The second-order valence-electron chi connectivity index (χ2n) is 6.07. The predicted molar refractivity (Wildman–Crippen MR) is 100 cm³/mol. The van der Waals surface area contributed by atoms with Crippen molar-refractivity contribution in [2.45, 2.75) is 40.0 Å². The van der Waals surface area contributed by atoms with E-state index in [1.54, 1.807) is 6.92 Å². The van der Waals surface area contributed by atoms with Gasteiger partial charge in [0.05, 0.1) is 0 Å². The van der Waals surface area contributed by atoms with Crippen LogP contribution in [0.5, 0.6) is 0 Å². The maximum Gasteiger partial charge on any atom is 0.0465 e. The van der Waals surface area contributed by atoms with Gasteiger partial charge in [0.1, 0.15) is 0 Å². The zero-order chi connectivity index (χ0) is 17.6. The fourth-order valence-corrected chi connectivity index (χ4v) is 2.58. The highest BCUT2D eigenvalue weighted by Crippen LogP contribution is 2.28. The monoisotopic (exact) mass is 312 g/mol. The minimum absolute atomic E-state index is 0.384. The van der Waals surface area contributed by atoms with Gasteiger partial charge in [0.2, 0.25) is 0 Å². The summed E-state index contributed by atoms with van der Waals surface area (Å²) in [6.07, 6.45) is 3.09. The van der Waals surface area contributed by atoms with Crippen LogP contribution in [-0.4, -0.2) is 19.5 Å². The maximum atomic E-state index is 7.81. The summed E-state index contributed by atoms with van der Waals surface area (Å²) in [7, 11) is 1.87. The van der Waals surface area contributed by atoms with Crippen molar-refractivity contribution in [2.75, 3.05) is 7.05 Å². The number of aryl methyl sites for hydroxylation is 1. The minimum atomic E-state index is 0.384. The number of allylic oxidation sites excluding steroid dienone is 3. The molecule has 0 aliphatic carbocycles. The molecule has 0 atom stereocenters. The second-order valence-corrected chi connectivity index (χ2v) is 6.07. The Morgan fingerprint density at radius 1 is 1.22 bits per heavy atom. The first-order chi connectivity index (χ1) is 10.8. The van der Waals surface area contributed by atoms with Gasteiger partial charge in [-0.3, -0.25) is 0 Å². The van der Waals surface area contributed by atoms with Gasteiger partial charge < -0.3 is 21.9 Å². The third-order valence-electron chi connectivity index (χ3n) is 3.91. The molecule has 4 heteroatoms. The molecule has 0 saturated heterocycles. The fourth-order valence-electron chi connectivity index (χ4n) is 2.58. The molecule has 0 saturated carbocycles. The summed E-state index contributed by atoms with van der Waals surface area (Å²) < 4.78 is 0. The maximum absolute atomic E-state index is 7.81. The molecule has 0 unspecified atom stereocenters. The molecule has 0 heterocycles. The van der Waals surface area contributed by atoms with E-state index in [0.717, 1.165) is 22.4 Å². The number of nitrogens with two attached hydrogens (primary N) is 1. The second kappa shape index (κ2) is 8.32. The van der Waals surface area contributed by atoms with Crippen LogP contribution in [0.25, 0.3) is 5.70 Å². The van der Waals surface area contributed by atoms with Crippen LogP contribution in [-0.2, 0) is 0 Å². The molecule has 1 rings (SSSR count). The first-order valence-corrected chi connectivity index (χ1v) is 7.83. The lowest BCUT2D eigenvalue weighted by Gasteiger charge is -2.19. The van der Waals surface area contributed by atoms with Crippen LogP contribution >= 0.6 is 0 Å². The number of rotatable bonds is 7. The topological polar surface area (TPSA) is 85.8 Å². The molecule has 124 valence electrons. The molecular formula is C19H28N4. The molecule has 0 bridgehead atoms. The van der Waals surface area contributed by atoms with E-state index in [1.165, 1.54) is 23.6 Å². The Hall–Kier alpha value is -2.36. The van der Waals surface area contributed by atoms with Crippen LogP contribution in [0.3, 0.4) is 0 Å². The van der Waals surface area contributed by atoms with Crippen LogP contribution in [0.4, 0.5) is 0 Å². The Morgan fingerprint density at radius 3 is 2.26 bits per heavy atom. The van der Waals surface area contributed by atoms with Gasteiger partial charge in [-0.2, -0.15) is 0 Å². The Bertz CT molecular complexity index is 647. The Labute approximate surface area is 139 Å². The summed E-state index contributed by atoms with van der Waals surface area (Å²) in [5.41, 5.74) is 12.5. The number of nitrogens with one attached hydrogen (secondary N) is 3. The highest BCUT2D eigenvalue weighted by Gasteiger charge is 2.14. The largest absolute Gasteiger partial charge is 0.402 e. The molecular weight excluding hydrogens is 284 g/mol. The summed E-state index contributed by atoms with van der Waals surface area (Å²) >= 11 is 0. The van der Waals surface area contributed by atoms with E-state index in [-0.39, 0.29) is 0 Å². The third kappa shape index (κ3) is 4.55. The average Bonchev–Trinajstić information content (AvgIpc) is 2.51. The van der Waals surface area contributed by atoms with Crippen molar-refractivity contribution in [3.05, 3.63) is 51.7 Å². The van der Waals surface area contributed by atoms with Gasteiger partial charge in [0.25, 0.3) is 0 Å². The quantitative estimate of drug-likeness (QED) is 0.574. The van der Waals surface area contributed by atoms with E-state index in [4.69, 9.17) is 16.6 Å². The Balaban J connectivity index is 3.53. The Kier molecular flexibility index (Phi) is 6.76. The van der Waals surface area contributed by atoms with Crippen molar-refractivity contribution in [2.24, 2.45) is 5.73 Å². The van der Waals surface area contributed by atoms with Gasteiger partial charge in [-0.05, 0) is 36.5 Å². The predicted octanol–water partition coefficient (Wildman–Crippen LogP) is 3.97. The summed E-state index contributed by atoms with van der Waals surface area (Å²) in [4.78, 5) is 0. The smallest absolute Gasteiger partial charge is 0.0465 e. The van der Waals surface area contributed by atoms with Crippen molar-refractivity contribution in [3.8, 4) is 0 Å². The lowest BCUT2D eigenvalue weighted by atomic mass is 9.90. The van der Waals surface area contributed by atoms with Gasteiger partial charge in [0.15, 0.2) is 0 Å². The van der Waals surface area contributed by atoms with E-state index in [9.17, 15) is 0 Å². The molecule has 0 amide bonds. The highest BCUT2D eigenvalue weighted by atomic mass is 14.8. The van der Waals surface area contributed by atoms with Crippen LogP contribution in [0.1, 0.15) is 49.8 Å². The van der Waals surface area contributed by atoms with E-state index < -0.39 is 0 Å². The lowest BCUT2D eigenvalue weighted by molar-refractivity contribution is 0.857. The number of hydrogen-bond donors (Lipinski definition) is 4. The first-order valence-electron chi connectivity index (χ1n) is 7.83. The summed E-state index contributed by atoms with van der Waals surface area (Å²) in [6.45, 7) is 8.21. The average molecular weight is 312 g/mol. The van der Waals surface area contributed by atoms with Gasteiger partial charge in [-0.1, -0.05) is 37.6 Å². The van der Waals surface area contributed by atoms with E-state index in [1.807, 2.05) is 7.05 Å². The van der Waals surface area contributed by atoms with Crippen molar-refractivity contribution in [1.29, 1.82) is 10.8 Å². The summed E-state index contributed by atoms with van der Waals surface area (Å²) in [5.74, 6) is 0.384. The SMILES string of the molecule is CN/C(=C(\C=N)C/C(C=N)=C(\C)N)c1ccc(C)cc1C(C)C. The summed E-state index contributed by atoms with van der Waals surface area (Å²) in [6, 6.07) is 6.38.